The number of esters is 1. The highest BCUT2D eigenvalue weighted by molar-refractivity contribution is 6.00. The van der Waals surface area contributed by atoms with Crippen molar-refractivity contribution in [3.8, 4) is 11.8 Å². The van der Waals surface area contributed by atoms with Gasteiger partial charge >= 0.3 is 5.97 Å². The molecule has 0 aliphatic heterocycles. The Labute approximate surface area is 134 Å². The molecule has 1 rings (SSSR count). The molecule has 1 N–H and O–H groups in total. The standard InChI is InChI=1S/C16H19N3O4/c1-4-22-15-10-13(18-8-6-7-17)12(16(21)23-5-2)9-14(15)19-11(3)20/h8-10H,4-6H2,1-3H3,(H,19,20). The zero-order valence-electron chi connectivity index (χ0n) is 13.4. The maximum Gasteiger partial charge on any atom is 0.340 e. The summed E-state index contributed by atoms with van der Waals surface area (Å²) in [6.07, 6.45) is 1.51. The van der Waals surface area contributed by atoms with Crippen molar-refractivity contribution in [3.05, 3.63) is 17.7 Å². The molecule has 0 radical (unpaired) electrons. The summed E-state index contributed by atoms with van der Waals surface area (Å²) in [5.74, 6) is -0.465. The van der Waals surface area contributed by atoms with E-state index in [1.807, 2.05) is 6.07 Å². The zero-order valence-corrected chi connectivity index (χ0v) is 13.4. The number of nitriles is 1. The number of amides is 1. The van der Waals surface area contributed by atoms with Crippen molar-refractivity contribution in [1.29, 1.82) is 5.26 Å². The van der Waals surface area contributed by atoms with Crippen LogP contribution in [0.25, 0.3) is 0 Å². The summed E-state index contributed by atoms with van der Waals surface area (Å²) in [4.78, 5) is 27.5. The summed E-state index contributed by atoms with van der Waals surface area (Å²) >= 11 is 0. The van der Waals surface area contributed by atoms with Gasteiger partial charge in [0.1, 0.15) is 5.75 Å². The zero-order chi connectivity index (χ0) is 17.2. The number of rotatable bonds is 7. The van der Waals surface area contributed by atoms with Gasteiger partial charge in [0.05, 0.1) is 42.6 Å². The fourth-order valence-corrected chi connectivity index (χ4v) is 1.80. The van der Waals surface area contributed by atoms with E-state index in [9.17, 15) is 9.59 Å². The maximum absolute atomic E-state index is 12.1. The van der Waals surface area contributed by atoms with Gasteiger partial charge in [-0.3, -0.25) is 9.79 Å². The second-order valence-electron chi connectivity index (χ2n) is 4.37. The molecule has 122 valence electrons. The minimum absolute atomic E-state index is 0.111. The minimum Gasteiger partial charge on any atom is -0.492 e. The second-order valence-corrected chi connectivity index (χ2v) is 4.37. The molecule has 0 aromatic heterocycles. The van der Waals surface area contributed by atoms with Crippen LogP contribution in [0.4, 0.5) is 11.4 Å². The molecule has 0 aliphatic rings. The molecule has 0 bridgehead atoms. The Morgan fingerprint density at radius 2 is 2.09 bits per heavy atom. The number of hydrogen-bond donors (Lipinski definition) is 1. The van der Waals surface area contributed by atoms with Crippen LogP contribution in [0.2, 0.25) is 0 Å². The smallest absolute Gasteiger partial charge is 0.340 e. The van der Waals surface area contributed by atoms with Gasteiger partial charge in [-0.1, -0.05) is 0 Å². The van der Waals surface area contributed by atoms with Gasteiger partial charge in [-0.2, -0.15) is 5.26 Å². The van der Waals surface area contributed by atoms with Crippen molar-refractivity contribution in [2.75, 3.05) is 18.5 Å². The van der Waals surface area contributed by atoms with Gasteiger partial charge in [-0.05, 0) is 19.9 Å². The lowest BCUT2D eigenvalue weighted by Gasteiger charge is -2.14. The lowest BCUT2D eigenvalue weighted by Crippen LogP contribution is -2.11. The minimum atomic E-state index is -0.564. The molecule has 1 aromatic carbocycles. The van der Waals surface area contributed by atoms with E-state index < -0.39 is 5.97 Å². The molecule has 1 amide bonds. The van der Waals surface area contributed by atoms with Crippen LogP contribution in [0.5, 0.6) is 5.75 Å². The predicted molar refractivity (Wildman–Crippen MR) is 86.3 cm³/mol. The van der Waals surface area contributed by atoms with Crippen LogP contribution in [-0.4, -0.2) is 31.3 Å². The van der Waals surface area contributed by atoms with E-state index in [2.05, 4.69) is 10.3 Å². The third-order valence-electron chi connectivity index (χ3n) is 2.62. The van der Waals surface area contributed by atoms with Gasteiger partial charge in [-0.25, -0.2) is 4.79 Å². The van der Waals surface area contributed by atoms with E-state index in [1.54, 1.807) is 13.8 Å². The normalized spacial score (nSPS) is 10.2. The van der Waals surface area contributed by atoms with E-state index in [-0.39, 0.29) is 24.5 Å². The van der Waals surface area contributed by atoms with E-state index in [0.29, 0.717) is 23.7 Å². The first kappa shape index (κ1) is 18.2. The number of nitrogens with zero attached hydrogens (tertiary/aromatic N) is 2. The summed E-state index contributed by atoms with van der Waals surface area (Å²) in [5.41, 5.74) is 0.867. The lowest BCUT2D eigenvalue weighted by atomic mass is 10.1. The van der Waals surface area contributed by atoms with Crippen LogP contribution in [-0.2, 0) is 9.53 Å². The molecule has 23 heavy (non-hydrogen) atoms. The molecule has 0 aliphatic carbocycles. The van der Waals surface area contributed by atoms with Crippen LogP contribution in [0.3, 0.4) is 0 Å². The molecule has 7 nitrogen and oxygen atoms in total. The number of hydrogen-bond acceptors (Lipinski definition) is 6. The van der Waals surface area contributed by atoms with E-state index in [0.717, 1.165) is 0 Å². The highest BCUT2D eigenvalue weighted by Crippen LogP contribution is 2.34. The first-order valence-corrected chi connectivity index (χ1v) is 7.18. The molecule has 0 unspecified atom stereocenters. The summed E-state index contributed by atoms with van der Waals surface area (Å²) in [5, 5.41) is 11.2. The third-order valence-corrected chi connectivity index (χ3v) is 2.62. The number of carbonyl (C=O) groups excluding carboxylic acids is 2. The Kier molecular flexibility index (Phi) is 7.27. The Balaban J connectivity index is 3.39. The first-order chi connectivity index (χ1) is 11.0. The number of nitrogens with one attached hydrogen (secondary N) is 1. The molecule has 7 heteroatoms. The molecule has 0 spiro atoms. The molecule has 1 aromatic rings. The lowest BCUT2D eigenvalue weighted by molar-refractivity contribution is -0.114. The van der Waals surface area contributed by atoms with Gasteiger partial charge in [0.2, 0.25) is 5.91 Å². The Bertz CT molecular complexity index is 647. The maximum atomic E-state index is 12.1. The highest BCUT2D eigenvalue weighted by atomic mass is 16.5. The van der Waals surface area contributed by atoms with Gasteiger partial charge < -0.3 is 14.8 Å². The highest BCUT2D eigenvalue weighted by Gasteiger charge is 2.18. The van der Waals surface area contributed by atoms with Crippen molar-refractivity contribution in [2.24, 2.45) is 4.99 Å². The number of aliphatic imine (C=N–C) groups is 1. The van der Waals surface area contributed by atoms with Gasteiger partial charge in [0.15, 0.2) is 0 Å². The topological polar surface area (TPSA) is 101 Å². The molecule has 0 heterocycles. The number of benzene rings is 1. The third kappa shape index (κ3) is 5.43. The van der Waals surface area contributed by atoms with Crippen molar-refractivity contribution in [3.63, 3.8) is 0 Å². The summed E-state index contributed by atoms with van der Waals surface area (Å²) in [6.45, 7) is 5.45. The van der Waals surface area contributed by atoms with Gasteiger partial charge in [0, 0.05) is 19.2 Å². The van der Waals surface area contributed by atoms with Crippen LogP contribution in [0.15, 0.2) is 17.1 Å². The Morgan fingerprint density at radius 3 is 2.65 bits per heavy atom. The summed E-state index contributed by atoms with van der Waals surface area (Å²) < 4.78 is 10.5. The van der Waals surface area contributed by atoms with Crippen LogP contribution in [0, 0.1) is 11.3 Å². The van der Waals surface area contributed by atoms with E-state index >= 15 is 0 Å². The van der Waals surface area contributed by atoms with Crippen LogP contribution in [0.1, 0.15) is 37.6 Å². The first-order valence-electron chi connectivity index (χ1n) is 7.18. The summed E-state index contributed by atoms with van der Waals surface area (Å²) in [6, 6.07) is 4.93. The van der Waals surface area contributed by atoms with Crippen LogP contribution >= 0.6 is 0 Å². The second kappa shape index (κ2) is 9.20. The molecule has 0 saturated carbocycles. The fourth-order valence-electron chi connectivity index (χ4n) is 1.80. The molecule has 0 fully saturated rings. The van der Waals surface area contributed by atoms with Crippen molar-refractivity contribution in [1.82, 2.24) is 0 Å². The SMILES string of the molecule is CCOC(=O)c1cc(NC(C)=O)c(OCC)cc1N=CCC#N. The van der Waals surface area contributed by atoms with E-state index in [4.69, 9.17) is 14.7 Å². The van der Waals surface area contributed by atoms with Crippen LogP contribution < -0.4 is 10.1 Å². The predicted octanol–water partition coefficient (Wildman–Crippen LogP) is 2.84. The largest absolute Gasteiger partial charge is 0.492 e. The van der Waals surface area contributed by atoms with Crippen molar-refractivity contribution < 1.29 is 19.1 Å². The molecular formula is C16H19N3O4. The quantitative estimate of drug-likeness (QED) is 0.615. The Morgan fingerprint density at radius 1 is 1.35 bits per heavy atom. The fraction of sp³-hybridized carbons (Fsp3) is 0.375. The average Bonchev–Trinajstić information content (AvgIpc) is 2.49. The molecule has 0 saturated heterocycles. The summed E-state index contributed by atoms with van der Waals surface area (Å²) in [7, 11) is 0. The molecule has 0 atom stereocenters. The van der Waals surface area contributed by atoms with E-state index in [1.165, 1.54) is 25.3 Å². The average molecular weight is 317 g/mol. The monoisotopic (exact) mass is 317 g/mol. The van der Waals surface area contributed by atoms with Gasteiger partial charge in [0.25, 0.3) is 0 Å². The number of anilines is 1. The van der Waals surface area contributed by atoms with Gasteiger partial charge in [-0.15, -0.1) is 0 Å². The van der Waals surface area contributed by atoms with Crippen molar-refractivity contribution in [2.45, 2.75) is 27.2 Å². The molecular weight excluding hydrogens is 298 g/mol. The Hall–Kier alpha value is -2.88. The number of ether oxygens (including phenoxy) is 2. The number of carbonyl (C=O) groups is 2. The van der Waals surface area contributed by atoms with Crippen molar-refractivity contribution >= 4 is 29.5 Å².